The second kappa shape index (κ2) is 6.28. The third kappa shape index (κ3) is 6.04. The Hall–Kier alpha value is 0.160. The summed E-state index contributed by atoms with van der Waals surface area (Å²) in [5.41, 5.74) is 0. The van der Waals surface area contributed by atoms with Crippen LogP contribution in [-0.2, 0) is 26.0 Å². The topological polar surface area (TPSA) is 24.8 Å². The second-order valence-electron chi connectivity index (χ2n) is 1.53. The van der Waals surface area contributed by atoms with Gasteiger partial charge in [-0.15, -0.1) is 4.47 Å². The Labute approximate surface area is 63.3 Å². The van der Waals surface area contributed by atoms with E-state index >= 15 is 0 Å². The van der Waals surface area contributed by atoms with Gasteiger partial charge in [0.15, 0.2) is 0 Å². The number of methoxy groups -OCH3 is 1. The lowest BCUT2D eigenvalue weighted by Crippen LogP contribution is -2.15. The van der Waals surface area contributed by atoms with Gasteiger partial charge in [-0.2, -0.15) is 5.01 Å². The molecule has 0 rings (SSSR count). The molecule has 9 heavy (non-hydrogen) atoms. The molecule has 5 heteroatoms. The molecule has 0 radical (unpaired) electrons. The van der Waals surface area contributed by atoms with Gasteiger partial charge in [0.1, 0.15) is 0 Å². The minimum atomic E-state index is 0.690. The van der Waals surface area contributed by atoms with E-state index < -0.39 is 0 Å². The Morgan fingerprint density at radius 3 is 2.89 bits per heavy atom. The molecule has 0 amide bonds. The molecule has 0 heterocycles. The lowest BCUT2D eigenvalue weighted by Gasteiger charge is -2.05. The first-order valence-corrected chi connectivity index (χ1v) is 4.21. The molecule has 0 aliphatic rings. The third-order valence-electron chi connectivity index (χ3n) is 0.792. The van der Waals surface area contributed by atoms with E-state index in [1.807, 2.05) is 7.05 Å². The number of hydrogen-bond acceptors (Lipinski definition) is 3. The summed E-state index contributed by atoms with van der Waals surface area (Å²) >= 11 is 4.55. The number of nitrogens with zero attached hydrogens (tertiary/aromatic N) is 2. The highest BCUT2D eigenvalue weighted by Crippen LogP contribution is 1.80. The summed E-state index contributed by atoms with van der Waals surface area (Å²) < 4.78 is 8.66. The van der Waals surface area contributed by atoms with Gasteiger partial charge in [-0.3, -0.25) is 0 Å². The zero-order valence-electron chi connectivity index (χ0n) is 5.53. The minimum absolute atomic E-state index is 0.690. The van der Waals surface area contributed by atoms with Crippen molar-refractivity contribution < 1.29 is 4.74 Å². The Morgan fingerprint density at radius 2 is 2.44 bits per heavy atom. The van der Waals surface area contributed by atoms with Gasteiger partial charge in [0, 0.05) is 42.0 Å². The molecule has 54 valence electrons. The quantitative estimate of drug-likeness (QED) is 0.558. The van der Waals surface area contributed by atoms with Crippen LogP contribution in [-0.4, -0.2) is 32.3 Å². The van der Waals surface area contributed by atoms with Crippen molar-refractivity contribution in [3.63, 3.8) is 0 Å². The SMILES string of the molecule is COCCN(C)N=S=S. The van der Waals surface area contributed by atoms with Crippen LogP contribution in [0.25, 0.3) is 0 Å². The molecule has 0 saturated carbocycles. The predicted octanol–water partition coefficient (Wildman–Crippen LogP) is 0.208. The summed E-state index contributed by atoms with van der Waals surface area (Å²) in [5, 5.41) is 1.75. The fourth-order valence-electron chi connectivity index (χ4n) is 0.321. The van der Waals surface area contributed by atoms with Crippen molar-refractivity contribution in [1.29, 1.82) is 0 Å². The fraction of sp³-hybridized carbons (Fsp3) is 1.00. The molecule has 0 fully saturated rings. The van der Waals surface area contributed by atoms with Crippen LogP contribution in [0.5, 0.6) is 0 Å². The molecule has 0 aromatic heterocycles. The van der Waals surface area contributed by atoms with Crippen LogP contribution in [0.3, 0.4) is 0 Å². The predicted molar refractivity (Wildman–Crippen MR) is 41.7 cm³/mol. The van der Waals surface area contributed by atoms with Crippen LogP contribution in [0.1, 0.15) is 0 Å². The lowest BCUT2D eigenvalue weighted by molar-refractivity contribution is 0.164. The summed E-state index contributed by atoms with van der Waals surface area (Å²) in [4.78, 5) is 0. The summed E-state index contributed by atoms with van der Waals surface area (Å²) in [6, 6.07) is 0. The summed E-state index contributed by atoms with van der Waals surface area (Å²) in [6.07, 6.45) is 0. The Bertz CT molecular complexity index is 113. The van der Waals surface area contributed by atoms with Crippen molar-refractivity contribution in [3.8, 4) is 0 Å². The third-order valence-corrected chi connectivity index (χ3v) is 1.34. The summed E-state index contributed by atoms with van der Waals surface area (Å²) in [7, 11) is 4.56. The average Bonchev–Trinajstić information content (AvgIpc) is 1.85. The minimum Gasteiger partial charge on any atom is -0.383 e. The molecule has 0 unspecified atom stereocenters. The molecule has 0 aromatic carbocycles. The molecule has 0 atom stereocenters. The first-order chi connectivity index (χ1) is 4.31. The molecule has 0 N–H and O–H groups in total. The fourth-order valence-corrected chi connectivity index (χ4v) is 0.858. The van der Waals surface area contributed by atoms with Crippen molar-refractivity contribution in [2.45, 2.75) is 0 Å². The number of rotatable bonds is 4. The van der Waals surface area contributed by atoms with Gasteiger partial charge in [-0.25, -0.2) is 0 Å². The highest BCUT2D eigenvalue weighted by molar-refractivity contribution is 8.12. The molecule has 3 nitrogen and oxygen atoms in total. The van der Waals surface area contributed by atoms with E-state index in [9.17, 15) is 0 Å². The molecule has 0 spiro atoms. The Balaban J connectivity index is 3.26. The zero-order valence-corrected chi connectivity index (χ0v) is 7.17. The van der Waals surface area contributed by atoms with Gasteiger partial charge in [0.05, 0.1) is 6.61 Å². The van der Waals surface area contributed by atoms with Crippen LogP contribution in [0.4, 0.5) is 0 Å². The standard InChI is InChI=1S/C4H10N2OS2/c1-6(5-9-8)3-4-7-2/h3-4H2,1-2H3. The van der Waals surface area contributed by atoms with Crippen LogP contribution >= 0.6 is 0 Å². The van der Waals surface area contributed by atoms with Crippen LogP contribution in [0.15, 0.2) is 4.47 Å². The van der Waals surface area contributed by atoms with Crippen molar-refractivity contribution in [1.82, 2.24) is 5.01 Å². The largest absolute Gasteiger partial charge is 0.383 e. The van der Waals surface area contributed by atoms with Crippen molar-refractivity contribution in [2.75, 3.05) is 27.3 Å². The van der Waals surface area contributed by atoms with Crippen molar-refractivity contribution in [3.05, 3.63) is 0 Å². The van der Waals surface area contributed by atoms with E-state index in [0.717, 1.165) is 16.7 Å². The van der Waals surface area contributed by atoms with Crippen LogP contribution < -0.4 is 0 Å². The van der Waals surface area contributed by atoms with Crippen molar-refractivity contribution in [2.24, 2.45) is 4.47 Å². The van der Waals surface area contributed by atoms with E-state index in [4.69, 9.17) is 4.74 Å². The van der Waals surface area contributed by atoms with E-state index in [2.05, 4.69) is 15.7 Å². The molecule has 0 aromatic rings. The highest BCUT2D eigenvalue weighted by Gasteiger charge is 1.89. The first-order valence-electron chi connectivity index (χ1n) is 2.51. The molecule has 0 bridgehead atoms. The summed E-state index contributed by atoms with van der Waals surface area (Å²) in [5.74, 6) is 0. The van der Waals surface area contributed by atoms with Crippen molar-refractivity contribution >= 4 is 21.3 Å². The van der Waals surface area contributed by atoms with Gasteiger partial charge in [0.25, 0.3) is 0 Å². The maximum Gasteiger partial charge on any atom is 0.0609 e. The monoisotopic (exact) mass is 166 g/mol. The molecule has 0 saturated heterocycles. The number of likely N-dealkylation sites (N-methyl/N-ethyl adjacent to an activating group) is 1. The van der Waals surface area contributed by atoms with Gasteiger partial charge in [-0.1, -0.05) is 0 Å². The average molecular weight is 166 g/mol. The Kier molecular flexibility index (Phi) is 6.39. The molecule has 0 aliphatic carbocycles. The van der Waals surface area contributed by atoms with Crippen LogP contribution in [0, 0.1) is 0 Å². The number of ether oxygens (including phenoxy) is 1. The summed E-state index contributed by atoms with van der Waals surface area (Å²) in [6.45, 7) is 1.48. The van der Waals surface area contributed by atoms with Gasteiger partial charge in [0.2, 0.25) is 0 Å². The second-order valence-corrected chi connectivity index (χ2v) is 2.29. The number of hydrogen-bond donors (Lipinski definition) is 0. The first kappa shape index (κ1) is 9.16. The Morgan fingerprint density at radius 1 is 1.78 bits per heavy atom. The lowest BCUT2D eigenvalue weighted by atomic mass is 10.7. The smallest absolute Gasteiger partial charge is 0.0609 e. The maximum atomic E-state index is 4.81. The van der Waals surface area contributed by atoms with Gasteiger partial charge < -0.3 is 4.74 Å². The zero-order chi connectivity index (χ0) is 7.11. The van der Waals surface area contributed by atoms with E-state index in [0.29, 0.717) is 6.61 Å². The highest BCUT2D eigenvalue weighted by atomic mass is 32.8. The van der Waals surface area contributed by atoms with Gasteiger partial charge >= 0.3 is 0 Å². The maximum absolute atomic E-state index is 4.81. The molecule has 0 aliphatic heterocycles. The van der Waals surface area contributed by atoms with Gasteiger partial charge in [-0.05, 0) is 0 Å². The van der Waals surface area contributed by atoms with E-state index in [1.165, 1.54) is 0 Å². The normalized spacial score (nSPS) is 9.67. The van der Waals surface area contributed by atoms with E-state index in [-0.39, 0.29) is 0 Å². The molecular formula is C4H10N2OS2. The molecular weight excluding hydrogens is 156 g/mol. The van der Waals surface area contributed by atoms with E-state index in [1.54, 1.807) is 12.1 Å². The van der Waals surface area contributed by atoms with Crippen LogP contribution in [0.2, 0.25) is 0 Å².